The summed E-state index contributed by atoms with van der Waals surface area (Å²) in [6, 6.07) is 8.81. The van der Waals surface area contributed by atoms with Crippen LogP contribution in [0.4, 0.5) is 0 Å². The molecule has 0 amide bonds. The average Bonchev–Trinajstić information content (AvgIpc) is 2.68. The molecule has 8 nitrogen and oxygen atoms in total. The number of rotatable bonds is 7. The third-order valence-electron chi connectivity index (χ3n) is 3.04. The minimum Gasteiger partial charge on any atom is -0.493 e. The van der Waals surface area contributed by atoms with Gasteiger partial charge in [-0.25, -0.2) is 15.0 Å². The summed E-state index contributed by atoms with van der Waals surface area (Å²) in [5.41, 5.74) is 0. The van der Waals surface area contributed by atoms with E-state index < -0.39 is 0 Å². The van der Waals surface area contributed by atoms with Crippen LogP contribution in [0.15, 0.2) is 42.7 Å². The van der Waals surface area contributed by atoms with Crippen LogP contribution in [0.2, 0.25) is 0 Å². The van der Waals surface area contributed by atoms with Gasteiger partial charge in [-0.2, -0.15) is 4.98 Å². The number of ether oxygens (including phenoxy) is 3. The number of methoxy groups -OCH3 is 1. The third kappa shape index (κ3) is 3.99. The van der Waals surface area contributed by atoms with Crippen LogP contribution < -0.4 is 14.2 Å². The lowest BCUT2D eigenvalue weighted by Crippen LogP contribution is -2.06. The molecule has 1 N–H and O–H groups in total. The Morgan fingerprint density at radius 1 is 1.04 bits per heavy atom. The molecule has 2 aromatic heterocycles. The van der Waals surface area contributed by atoms with Crippen LogP contribution in [0.3, 0.4) is 0 Å². The maximum atomic E-state index is 9.01. The second kappa shape index (κ2) is 8.02. The van der Waals surface area contributed by atoms with Crippen molar-refractivity contribution in [3.8, 4) is 34.8 Å². The van der Waals surface area contributed by atoms with Gasteiger partial charge < -0.3 is 19.3 Å². The van der Waals surface area contributed by atoms with Crippen molar-refractivity contribution in [1.29, 1.82) is 0 Å². The molecule has 2 heterocycles. The molecule has 0 saturated carbocycles. The Kier molecular flexibility index (Phi) is 5.32. The number of aromatic nitrogens is 4. The van der Waals surface area contributed by atoms with Crippen molar-refractivity contribution in [2.75, 3.05) is 20.3 Å². The first-order valence-electron chi connectivity index (χ1n) is 7.43. The van der Waals surface area contributed by atoms with E-state index in [0.717, 1.165) is 0 Å². The highest BCUT2D eigenvalue weighted by Gasteiger charge is 2.16. The van der Waals surface area contributed by atoms with Crippen molar-refractivity contribution in [2.45, 2.75) is 0 Å². The fourth-order valence-corrected chi connectivity index (χ4v) is 1.96. The Hall–Kier alpha value is -3.26. The van der Waals surface area contributed by atoms with Gasteiger partial charge in [-0.15, -0.1) is 0 Å². The molecule has 0 fully saturated rings. The highest BCUT2D eigenvalue weighted by Crippen LogP contribution is 2.35. The molecule has 127 valence electrons. The molecule has 1 aromatic carbocycles. The molecule has 0 unspecified atom stereocenters. The van der Waals surface area contributed by atoms with Gasteiger partial charge in [0.05, 0.1) is 13.7 Å². The Labute approximate surface area is 144 Å². The minimum absolute atomic E-state index is 0.0439. The fraction of sp³-hybridized carbons (Fsp3) is 0.176. The predicted molar refractivity (Wildman–Crippen MR) is 87.5 cm³/mol. The molecule has 0 atom stereocenters. The Balaban J connectivity index is 1.95. The summed E-state index contributed by atoms with van der Waals surface area (Å²) < 4.78 is 16.5. The van der Waals surface area contributed by atoms with Crippen molar-refractivity contribution in [1.82, 2.24) is 19.9 Å². The normalized spacial score (nSPS) is 10.3. The second-order valence-corrected chi connectivity index (χ2v) is 4.69. The molecular formula is C17H15N4O4. The van der Waals surface area contributed by atoms with Gasteiger partial charge in [0.1, 0.15) is 12.8 Å². The zero-order valence-corrected chi connectivity index (χ0v) is 13.4. The van der Waals surface area contributed by atoms with Crippen molar-refractivity contribution >= 4 is 0 Å². The van der Waals surface area contributed by atoms with Gasteiger partial charge in [0.25, 0.3) is 5.88 Å². The number of aliphatic hydroxyl groups is 1. The van der Waals surface area contributed by atoms with Gasteiger partial charge in [0, 0.05) is 12.4 Å². The van der Waals surface area contributed by atoms with E-state index in [-0.39, 0.29) is 30.7 Å². The SMILES string of the molecule is COc1ccccc1Oc1[c]nc(-c2ncccn2)nc1OCCO. The first-order chi connectivity index (χ1) is 12.3. The lowest BCUT2D eigenvalue weighted by atomic mass is 10.3. The van der Waals surface area contributed by atoms with Gasteiger partial charge in [-0.3, -0.25) is 0 Å². The molecule has 0 bridgehead atoms. The molecule has 0 aliphatic carbocycles. The predicted octanol–water partition coefficient (Wildman–Crippen LogP) is 1.91. The van der Waals surface area contributed by atoms with Gasteiger partial charge in [-0.05, 0) is 18.2 Å². The van der Waals surface area contributed by atoms with Crippen molar-refractivity contribution in [2.24, 2.45) is 0 Å². The summed E-state index contributed by atoms with van der Waals surface area (Å²) in [7, 11) is 1.54. The molecule has 8 heteroatoms. The molecular weight excluding hydrogens is 324 g/mol. The maximum Gasteiger partial charge on any atom is 0.262 e. The van der Waals surface area contributed by atoms with Crippen LogP contribution in [-0.2, 0) is 0 Å². The zero-order chi connectivity index (χ0) is 17.5. The van der Waals surface area contributed by atoms with E-state index in [1.165, 1.54) is 0 Å². The van der Waals surface area contributed by atoms with Crippen molar-refractivity contribution in [3.05, 3.63) is 48.9 Å². The van der Waals surface area contributed by atoms with Crippen molar-refractivity contribution in [3.63, 3.8) is 0 Å². The summed E-state index contributed by atoms with van der Waals surface area (Å²) in [5, 5.41) is 9.01. The smallest absolute Gasteiger partial charge is 0.262 e. The van der Waals surface area contributed by atoms with Crippen LogP contribution in [0, 0.1) is 6.20 Å². The molecule has 1 radical (unpaired) electrons. The van der Waals surface area contributed by atoms with E-state index in [4.69, 9.17) is 19.3 Å². The summed E-state index contributed by atoms with van der Waals surface area (Å²) in [6.07, 6.45) is 5.90. The van der Waals surface area contributed by atoms with Gasteiger partial charge in [0.2, 0.25) is 11.6 Å². The van der Waals surface area contributed by atoms with E-state index in [1.807, 2.05) is 6.07 Å². The molecule has 0 spiro atoms. The number of hydrogen-bond acceptors (Lipinski definition) is 8. The summed E-state index contributed by atoms with van der Waals surface area (Å²) >= 11 is 0. The lowest BCUT2D eigenvalue weighted by molar-refractivity contribution is 0.192. The number of hydrogen-bond donors (Lipinski definition) is 1. The van der Waals surface area contributed by atoms with Crippen LogP contribution in [0.1, 0.15) is 0 Å². The highest BCUT2D eigenvalue weighted by molar-refractivity contribution is 5.48. The molecule has 25 heavy (non-hydrogen) atoms. The summed E-state index contributed by atoms with van der Waals surface area (Å²) in [6.45, 7) is -0.127. The van der Waals surface area contributed by atoms with Gasteiger partial charge in [-0.1, -0.05) is 12.1 Å². The second-order valence-electron chi connectivity index (χ2n) is 4.69. The molecule has 0 saturated heterocycles. The van der Waals surface area contributed by atoms with Crippen LogP contribution in [0.25, 0.3) is 11.6 Å². The van der Waals surface area contributed by atoms with E-state index >= 15 is 0 Å². The van der Waals surface area contributed by atoms with E-state index in [1.54, 1.807) is 43.8 Å². The zero-order valence-electron chi connectivity index (χ0n) is 13.4. The Bertz CT molecular complexity index is 830. The maximum absolute atomic E-state index is 9.01. The van der Waals surface area contributed by atoms with Gasteiger partial charge in [0.15, 0.2) is 17.3 Å². The summed E-state index contributed by atoms with van der Waals surface area (Å²) in [4.78, 5) is 16.5. The lowest BCUT2D eigenvalue weighted by Gasteiger charge is -2.13. The van der Waals surface area contributed by atoms with Crippen molar-refractivity contribution < 1.29 is 19.3 Å². The molecule has 3 rings (SSSR count). The summed E-state index contributed by atoms with van der Waals surface area (Å²) in [5.74, 6) is 1.86. The van der Waals surface area contributed by atoms with E-state index in [2.05, 4.69) is 26.1 Å². The van der Waals surface area contributed by atoms with Crippen LogP contribution in [-0.4, -0.2) is 45.4 Å². The molecule has 3 aromatic rings. The minimum atomic E-state index is -0.171. The number of nitrogens with zero attached hydrogens (tertiary/aromatic N) is 4. The highest BCUT2D eigenvalue weighted by atomic mass is 16.5. The fourth-order valence-electron chi connectivity index (χ4n) is 1.96. The average molecular weight is 339 g/mol. The first kappa shape index (κ1) is 16.6. The largest absolute Gasteiger partial charge is 0.493 e. The Morgan fingerprint density at radius 2 is 1.80 bits per heavy atom. The van der Waals surface area contributed by atoms with Crippen LogP contribution >= 0.6 is 0 Å². The number of aliphatic hydroxyl groups excluding tert-OH is 1. The monoisotopic (exact) mass is 339 g/mol. The standard InChI is InChI=1S/C17H15N4O4/c1-23-12-5-2-3-6-13(12)25-14-11-20-16(15-18-7-4-8-19-15)21-17(14)24-10-9-22/h2-8,22H,9-10H2,1H3. The molecule has 0 aliphatic heterocycles. The van der Waals surface area contributed by atoms with E-state index in [0.29, 0.717) is 17.3 Å². The first-order valence-corrected chi connectivity index (χ1v) is 7.43. The third-order valence-corrected chi connectivity index (χ3v) is 3.04. The number of para-hydroxylation sites is 2. The topological polar surface area (TPSA) is 99.5 Å². The Morgan fingerprint density at radius 3 is 2.52 bits per heavy atom. The van der Waals surface area contributed by atoms with Crippen LogP contribution in [0.5, 0.6) is 23.1 Å². The molecule has 0 aliphatic rings. The van der Waals surface area contributed by atoms with Gasteiger partial charge >= 0.3 is 0 Å². The quantitative estimate of drug-likeness (QED) is 0.697. The number of benzene rings is 1. The van der Waals surface area contributed by atoms with E-state index in [9.17, 15) is 0 Å².